The molecular weight excluding hydrogens is 1050 g/mol. The molecule has 0 aliphatic heterocycles. The maximum absolute atomic E-state index is 13.1. The van der Waals surface area contributed by atoms with Crippen molar-refractivity contribution in [3.05, 3.63) is 127 Å². The summed E-state index contributed by atoms with van der Waals surface area (Å²) >= 11 is 0. The zero-order valence-electron chi connectivity index (χ0n) is 42.8. The Kier molecular flexibility index (Phi) is 21.2. The van der Waals surface area contributed by atoms with Crippen LogP contribution in [0.2, 0.25) is 0 Å². The van der Waals surface area contributed by atoms with E-state index in [0.717, 1.165) is 9.13 Å². The number of benzene rings is 3. The number of aliphatic hydroxyl groups is 2. The van der Waals surface area contributed by atoms with Crippen LogP contribution in [0.3, 0.4) is 0 Å². The first-order valence-electron chi connectivity index (χ1n) is 24.1. The summed E-state index contributed by atoms with van der Waals surface area (Å²) in [5.41, 5.74) is 3.31. The number of hydrogen-bond donors (Lipinski definition) is 14. The summed E-state index contributed by atoms with van der Waals surface area (Å²) < 4.78 is 2.17. The first-order valence-corrected chi connectivity index (χ1v) is 24.1. The van der Waals surface area contributed by atoms with Crippen molar-refractivity contribution in [3.63, 3.8) is 0 Å². The lowest BCUT2D eigenvalue weighted by Crippen LogP contribution is -2.24. The van der Waals surface area contributed by atoms with Gasteiger partial charge in [0, 0.05) is 62.8 Å². The summed E-state index contributed by atoms with van der Waals surface area (Å²) in [6.45, 7) is 2.18. The highest BCUT2D eigenvalue weighted by molar-refractivity contribution is 5.63. The Bertz CT molecular complexity index is 3130. The Hall–Kier alpha value is -9.22. The van der Waals surface area contributed by atoms with Gasteiger partial charge in [-0.1, -0.05) is 12.1 Å². The summed E-state index contributed by atoms with van der Waals surface area (Å²) in [5.74, 6) is -0.350. The highest BCUT2D eigenvalue weighted by Gasteiger charge is 2.17. The van der Waals surface area contributed by atoms with Gasteiger partial charge >= 0.3 is 0 Å². The molecule has 3 aromatic carbocycles. The third kappa shape index (κ3) is 16.4. The van der Waals surface area contributed by atoms with Crippen molar-refractivity contribution in [1.29, 1.82) is 0 Å². The third-order valence-electron chi connectivity index (χ3n) is 11.1. The summed E-state index contributed by atoms with van der Waals surface area (Å²) in [4.78, 5) is 69.5. The van der Waals surface area contributed by atoms with Crippen molar-refractivity contribution in [2.24, 2.45) is 20.5 Å². The molecule has 0 aliphatic rings. The van der Waals surface area contributed by atoms with E-state index >= 15 is 0 Å². The number of nitrogens with zero attached hydrogens (tertiary/aromatic N) is 12. The molecule has 0 unspecified atom stereocenters. The lowest BCUT2D eigenvalue weighted by molar-refractivity contribution is -0.254. The number of aliphatic hydroxyl groups excluding tert-OH is 2. The fourth-order valence-corrected chi connectivity index (χ4v) is 7.58. The summed E-state index contributed by atoms with van der Waals surface area (Å²) in [6.07, 6.45) is 0. The minimum atomic E-state index is -0.520. The molecule has 0 saturated heterocycles. The molecule has 0 saturated carbocycles. The van der Waals surface area contributed by atoms with Crippen molar-refractivity contribution in [2.45, 2.75) is 53.4 Å². The molecule has 7 aromatic rings. The van der Waals surface area contributed by atoms with Crippen LogP contribution < -0.4 is 43.0 Å². The number of aryl methyl sites for hydroxylation is 2. The molecule has 4 heterocycles. The van der Waals surface area contributed by atoms with Crippen LogP contribution in [0.4, 0.5) is 69.8 Å². The zero-order valence-corrected chi connectivity index (χ0v) is 42.8. The van der Waals surface area contributed by atoms with Gasteiger partial charge in [-0.25, -0.2) is 19.6 Å². The molecule has 0 aliphatic carbocycles. The maximum Gasteiger partial charge on any atom is 0.253 e. The Morgan fingerprint density at radius 1 is 0.450 bits per heavy atom. The average molecular weight is 1110 g/mol. The lowest BCUT2D eigenvalue weighted by atomic mass is 10.1. The average Bonchev–Trinajstić information content (AvgIpc) is 3.45. The zero-order chi connectivity index (χ0) is 57.0. The largest absolute Gasteiger partial charge is 0.493 e. The molecular formula is C48H56N18O14. The number of aromatic hydroxyl groups is 2. The second-order valence-electron chi connectivity index (χ2n) is 17.1. The molecule has 32 nitrogen and oxygen atoms in total. The second-order valence-corrected chi connectivity index (χ2v) is 17.1. The van der Waals surface area contributed by atoms with E-state index in [2.05, 4.69) is 102 Å². The Labute approximate surface area is 452 Å². The van der Waals surface area contributed by atoms with Crippen LogP contribution in [0.25, 0.3) is 0 Å². The maximum atomic E-state index is 13.1. The van der Waals surface area contributed by atoms with Gasteiger partial charge in [-0.2, -0.15) is 40.1 Å². The topological polar surface area (TPSA) is 442 Å². The molecule has 0 fully saturated rings. The molecule has 0 spiro atoms. The molecule has 0 radical (unpaired) electrons. The third-order valence-corrected chi connectivity index (χ3v) is 11.1. The van der Waals surface area contributed by atoms with E-state index in [-0.39, 0.29) is 137 Å². The Balaban J connectivity index is 1.01. The van der Waals surface area contributed by atoms with Gasteiger partial charge in [0.2, 0.25) is 47.5 Å². The second kappa shape index (κ2) is 29.0. The van der Waals surface area contributed by atoms with E-state index in [1.165, 1.54) is 12.1 Å². The molecule has 80 heavy (non-hydrogen) atoms. The van der Waals surface area contributed by atoms with E-state index in [1.807, 2.05) is 0 Å². The summed E-state index contributed by atoms with van der Waals surface area (Å²) in [7, 11) is 0. The van der Waals surface area contributed by atoms with E-state index in [9.17, 15) is 30.0 Å². The van der Waals surface area contributed by atoms with Gasteiger partial charge in [0.25, 0.3) is 11.1 Å². The smallest absolute Gasteiger partial charge is 0.253 e. The van der Waals surface area contributed by atoms with Crippen LogP contribution in [0.1, 0.15) is 33.4 Å². The quantitative estimate of drug-likeness (QED) is 0.0145. The van der Waals surface area contributed by atoms with Gasteiger partial charge in [-0.15, -0.1) is 10.2 Å². The van der Waals surface area contributed by atoms with Crippen molar-refractivity contribution in [3.8, 4) is 11.8 Å². The van der Waals surface area contributed by atoms with Crippen LogP contribution in [-0.4, -0.2) is 120 Å². The number of azo groups is 2. The van der Waals surface area contributed by atoms with E-state index in [1.54, 1.807) is 74.5 Å². The molecule has 32 heteroatoms. The van der Waals surface area contributed by atoms with Crippen LogP contribution in [0.5, 0.6) is 11.8 Å². The van der Waals surface area contributed by atoms with Crippen LogP contribution >= 0.6 is 0 Å². The molecule has 422 valence electrons. The van der Waals surface area contributed by atoms with Gasteiger partial charge in [0.1, 0.15) is 37.8 Å². The normalized spacial score (nSPS) is 11.4. The number of pyridine rings is 2. The minimum absolute atomic E-state index is 0.0145. The molecule has 7 rings (SSSR count). The molecule has 0 bridgehead atoms. The van der Waals surface area contributed by atoms with E-state index in [4.69, 9.17) is 21.0 Å². The number of aromatic nitrogens is 8. The number of hydrogen-bond acceptors (Lipinski definition) is 30. The monoisotopic (exact) mass is 1110 g/mol. The van der Waals surface area contributed by atoms with Crippen molar-refractivity contribution >= 4 is 69.8 Å². The van der Waals surface area contributed by atoms with E-state index in [0.29, 0.717) is 44.8 Å². The van der Waals surface area contributed by atoms with Gasteiger partial charge in [0.15, 0.2) is 0 Å². The lowest BCUT2D eigenvalue weighted by Gasteiger charge is -2.14. The number of rotatable bonds is 30. The van der Waals surface area contributed by atoms with Gasteiger partial charge in [-0.05, 0) is 95.8 Å². The molecule has 4 aromatic heterocycles. The standard InChI is InChI=1S/C48H56N18O14/c1-27-15-37(69)65(41(71)39(27)63-61-35-19-29(23-77-73)17-30(20-35)24-78-74)11-7-49-43-55-45(51-9-13-67)59-47(57-43)53-33-3-5-34(6-4-33)54-48-58-44(56-46(60-48)52-10-14-68)50-8-12-66-38(70)16-28(2)40(42(66)72)64-62-36-21-31(25-79-75)18-32(22-36)26-80-76/h3-6,15-22,67-68,71-76H,7-14,23-26H2,1-2H3,(H3,49,51,53,55,57,59)(H3,50,52,54,56,58,60). The van der Waals surface area contributed by atoms with Crippen molar-refractivity contribution in [2.75, 3.05) is 71.3 Å². The number of anilines is 8. The predicted octanol–water partition coefficient (Wildman–Crippen LogP) is 5.72. The highest BCUT2D eigenvalue weighted by atomic mass is 17.1. The van der Waals surface area contributed by atoms with E-state index < -0.39 is 22.9 Å². The van der Waals surface area contributed by atoms with Crippen LogP contribution in [0, 0.1) is 13.8 Å². The first-order chi connectivity index (χ1) is 38.8. The van der Waals surface area contributed by atoms with Gasteiger partial charge in [0.05, 0.1) is 24.6 Å². The molecule has 0 amide bonds. The minimum Gasteiger partial charge on any atom is -0.493 e. The Morgan fingerprint density at radius 2 is 0.762 bits per heavy atom. The highest BCUT2D eigenvalue weighted by Crippen LogP contribution is 2.33. The fraction of sp³-hybridized carbons (Fsp3) is 0.292. The van der Waals surface area contributed by atoms with Crippen LogP contribution in [0.15, 0.2) is 103 Å². The van der Waals surface area contributed by atoms with Crippen LogP contribution in [-0.2, 0) is 59.1 Å². The number of nitrogens with one attached hydrogen (secondary N) is 6. The van der Waals surface area contributed by atoms with Gasteiger partial charge in [-0.3, -0.25) is 39.8 Å². The summed E-state index contributed by atoms with van der Waals surface area (Å²) in [5, 5.41) is 112. The predicted molar refractivity (Wildman–Crippen MR) is 286 cm³/mol. The van der Waals surface area contributed by atoms with Crippen molar-refractivity contribution in [1.82, 2.24) is 39.0 Å². The van der Waals surface area contributed by atoms with Gasteiger partial charge < -0.3 is 52.3 Å². The molecule has 14 N–H and O–H groups in total. The molecule has 0 atom stereocenters. The van der Waals surface area contributed by atoms with Crippen molar-refractivity contribution < 1.29 is 61.0 Å². The Morgan fingerprint density at radius 3 is 1.07 bits per heavy atom. The SMILES string of the molecule is Cc1cc(=O)n(CCNc2nc(NCCO)nc(Nc3ccc(Nc4nc(NCCO)nc(NCCn5c(O)c(N=Nc6cc(COO)cc(COO)c6)c(C)cc5=O)n4)cc3)n2)c(O)c1N=Nc1cc(COO)cc(COO)c1. The fourth-order valence-electron chi connectivity index (χ4n) is 7.58. The first kappa shape index (κ1) is 58.5. The summed E-state index contributed by atoms with van der Waals surface area (Å²) in [6, 6.07) is 18.9.